The number of hydrogen-bond donors (Lipinski definition) is 0. The van der Waals surface area contributed by atoms with Crippen LogP contribution in [-0.2, 0) is 0 Å². The number of halogens is 1. The summed E-state index contributed by atoms with van der Waals surface area (Å²) in [6.07, 6.45) is 7.51. The molecule has 3 aliphatic rings. The molecule has 30 heavy (non-hydrogen) atoms. The molecule has 1 heterocycles. The molecule has 1 amide bonds. The van der Waals surface area contributed by atoms with Crippen molar-refractivity contribution in [2.24, 2.45) is 17.8 Å². The summed E-state index contributed by atoms with van der Waals surface area (Å²) in [7, 11) is 0. The normalized spacial score (nSPS) is 25.6. The van der Waals surface area contributed by atoms with E-state index in [-0.39, 0.29) is 11.7 Å². The van der Waals surface area contributed by atoms with Crippen molar-refractivity contribution >= 4 is 5.91 Å². The number of hydrogen-bond acceptors (Lipinski definition) is 3. The first-order valence-electron chi connectivity index (χ1n) is 10.9. The number of piperazine rings is 1. The highest BCUT2D eigenvalue weighted by molar-refractivity contribution is 5.94. The second-order valence-corrected chi connectivity index (χ2v) is 8.71. The van der Waals surface area contributed by atoms with Crippen LogP contribution in [0.15, 0.2) is 60.7 Å². The number of allylic oxidation sites excluding steroid dienone is 2. The molecule has 2 fully saturated rings. The molecule has 3 atom stereocenters. The van der Waals surface area contributed by atoms with Crippen molar-refractivity contribution in [3.63, 3.8) is 0 Å². The summed E-state index contributed by atoms with van der Waals surface area (Å²) in [5.74, 6) is 3.38. The molecule has 1 saturated carbocycles. The molecule has 2 aromatic carbocycles. The molecule has 2 aromatic rings. The lowest BCUT2D eigenvalue weighted by Crippen LogP contribution is -2.50. The highest BCUT2D eigenvalue weighted by Gasteiger charge is 2.36. The summed E-state index contributed by atoms with van der Waals surface area (Å²) in [4.78, 5) is 17.4. The zero-order valence-corrected chi connectivity index (χ0v) is 17.0. The summed E-state index contributed by atoms with van der Waals surface area (Å²) in [5.41, 5.74) is 0.674. The van der Waals surface area contributed by atoms with Crippen LogP contribution in [0.1, 0.15) is 23.2 Å². The predicted molar refractivity (Wildman–Crippen MR) is 114 cm³/mol. The second kappa shape index (κ2) is 8.23. The molecule has 3 unspecified atom stereocenters. The molecule has 5 heteroatoms. The van der Waals surface area contributed by atoms with Crippen LogP contribution in [-0.4, -0.2) is 48.4 Å². The van der Waals surface area contributed by atoms with Crippen molar-refractivity contribution in [1.82, 2.24) is 9.80 Å². The third-order valence-electron chi connectivity index (χ3n) is 6.72. The first-order valence-corrected chi connectivity index (χ1v) is 10.9. The molecule has 0 aromatic heterocycles. The molecule has 156 valence electrons. The average molecular weight is 407 g/mol. The fourth-order valence-electron chi connectivity index (χ4n) is 5.06. The number of nitrogens with zero attached hydrogens (tertiary/aromatic N) is 2. The summed E-state index contributed by atoms with van der Waals surface area (Å²) >= 11 is 0. The van der Waals surface area contributed by atoms with Crippen LogP contribution < -0.4 is 4.74 Å². The topological polar surface area (TPSA) is 32.8 Å². The Labute approximate surface area is 176 Å². The van der Waals surface area contributed by atoms with E-state index in [0.717, 1.165) is 43.9 Å². The second-order valence-electron chi connectivity index (χ2n) is 8.71. The smallest absolute Gasteiger partial charge is 0.253 e. The minimum Gasteiger partial charge on any atom is -0.457 e. The molecule has 2 bridgehead atoms. The Hall–Kier alpha value is -2.66. The number of carbonyl (C=O) groups is 1. The third-order valence-corrected chi connectivity index (χ3v) is 6.72. The molecule has 4 nitrogen and oxygen atoms in total. The predicted octanol–water partition coefficient (Wildman–Crippen LogP) is 4.59. The zero-order valence-electron chi connectivity index (χ0n) is 17.0. The minimum atomic E-state index is -0.296. The Kier molecular flexibility index (Phi) is 5.30. The van der Waals surface area contributed by atoms with Crippen molar-refractivity contribution < 1.29 is 13.9 Å². The van der Waals surface area contributed by atoms with E-state index in [1.807, 2.05) is 4.90 Å². The van der Waals surface area contributed by atoms with Gasteiger partial charge in [-0.05, 0) is 79.1 Å². The number of rotatable bonds is 5. The SMILES string of the molecule is O=C(c1ccc(Oc2ccc(F)cc2)cc1)N1CCN(CC2CC3C=CC2C3)CC1. The first-order chi connectivity index (χ1) is 14.6. The molecule has 2 aliphatic carbocycles. The zero-order chi connectivity index (χ0) is 20.5. The fraction of sp³-hybridized carbons (Fsp3) is 0.400. The van der Waals surface area contributed by atoms with Gasteiger partial charge >= 0.3 is 0 Å². The average Bonchev–Trinajstić information content (AvgIpc) is 3.39. The maximum atomic E-state index is 13.0. The highest BCUT2D eigenvalue weighted by atomic mass is 19.1. The van der Waals surface area contributed by atoms with Gasteiger partial charge in [-0.25, -0.2) is 4.39 Å². The number of fused-ring (bicyclic) bond motifs is 2. The number of amides is 1. The van der Waals surface area contributed by atoms with Gasteiger partial charge in [-0.1, -0.05) is 12.2 Å². The van der Waals surface area contributed by atoms with E-state index in [0.29, 0.717) is 17.1 Å². The van der Waals surface area contributed by atoms with Crippen LogP contribution in [0.3, 0.4) is 0 Å². The van der Waals surface area contributed by atoms with Gasteiger partial charge in [0.05, 0.1) is 0 Å². The van der Waals surface area contributed by atoms with Gasteiger partial charge in [-0.3, -0.25) is 9.69 Å². The van der Waals surface area contributed by atoms with E-state index < -0.39 is 0 Å². The lowest BCUT2D eigenvalue weighted by Gasteiger charge is -2.37. The van der Waals surface area contributed by atoms with Gasteiger partial charge in [-0.2, -0.15) is 0 Å². The van der Waals surface area contributed by atoms with Gasteiger partial charge in [0.25, 0.3) is 5.91 Å². The van der Waals surface area contributed by atoms with Crippen molar-refractivity contribution in [3.8, 4) is 11.5 Å². The van der Waals surface area contributed by atoms with Crippen molar-refractivity contribution in [3.05, 3.63) is 72.1 Å². The van der Waals surface area contributed by atoms with E-state index in [1.54, 1.807) is 36.4 Å². The number of carbonyl (C=O) groups excluding carboxylic acids is 1. The Bertz CT molecular complexity index is 917. The van der Waals surface area contributed by atoms with Crippen molar-refractivity contribution in [2.45, 2.75) is 12.8 Å². The van der Waals surface area contributed by atoms with Crippen LogP contribution in [0.2, 0.25) is 0 Å². The molecule has 5 rings (SSSR count). The van der Waals surface area contributed by atoms with E-state index in [1.165, 1.54) is 31.5 Å². The maximum absolute atomic E-state index is 13.0. The van der Waals surface area contributed by atoms with Crippen molar-refractivity contribution in [1.29, 1.82) is 0 Å². The van der Waals surface area contributed by atoms with Gasteiger partial charge in [0.2, 0.25) is 0 Å². The van der Waals surface area contributed by atoms with Gasteiger partial charge in [0.1, 0.15) is 17.3 Å². The number of benzene rings is 2. The van der Waals surface area contributed by atoms with Crippen LogP contribution >= 0.6 is 0 Å². The van der Waals surface area contributed by atoms with Crippen molar-refractivity contribution in [2.75, 3.05) is 32.7 Å². The van der Waals surface area contributed by atoms with E-state index >= 15 is 0 Å². The van der Waals surface area contributed by atoms with Crippen LogP contribution in [0.4, 0.5) is 4.39 Å². The molecule has 1 aliphatic heterocycles. The standard InChI is InChI=1S/C25H27FN2O2/c26-22-5-9-24(10-6-22)30-23-7-3-19(4-8-23)25(29)28-13-11-27(12-14-28)17-21-16-18-1-2-20(21)15-18/h1-10,18,20-21H,11-17H2. The largest absolute Gasteiger partial charge is 0.457 e. The summed E-state index contributed by atoms with van der Waals surface area (Å²) in [5, 5.41) is 0. The quantitative estimate of drug-likeness (QED) is 0.681. The van der Waals surface area contributed by atoms with Gasteiger partial charge in [-0.15, -0.1) is 0 Å². The molecule has 0 spiro atoms. The lowest BCUT2D eigenvalue weighted by molar-refractivity contribution is 0.0610. The molecular formula is C25H27FN2O2. The van der Waals surface area contributed by atoms with Gasteiger partial charge in [0, 0.05) is 38.3 Å². The Morgan fingerprint density at radius 1 is 0.900 bits per heavy atom. The molecule has 0 radical (unpaired) electrons. The van der Waals surface area contributed by atoms with Gasteiger partial charge < -0.3 is 9.64 Å². The highest BCUT2D eigenvalue weighted by Crippen LogP contribution is 2.43. The monoisotopic (exact) mass is 406 g/mol. The van der Waals surface area contributed by atoms with E-state index in [9.17, 15) is 9.18 Å². The van der Waals surface area contributed by atoms with E-state index in [2.05, 4.69) is 17.1 Å². The van der Waals surface area contributed by atoms with Crippen LogP contribution in [0.25, 0.3) is 0 Å². The molecule has 0 N–H and O–H groups in total. The Morgan fingerprint density at radius 3 is 2.17 bits per heavy atom. The fourth-order valence-corrected chi connectivity index (χ4v) is 5.06. The Morgan fingerprint density at radius 2 is 1.57 bits per heavy atom. The Balaban J connectivity index is 1.13. The number of ether oxygens (including phenoxy) is 1. The maximum Gasteiger partial charge on any atom is 0.253 e. The van der Waals surface area contributed by atoms with E-state index in [4.69, 9.17) is 4.74 Å². The summed E-state index contributed by atoms with van der Waals surface area (Å²) < 4.78 is 18.7. The minimum absolute atomic E-state index is 0.0749. The van der Waals surface area contributed by atoms with Crippen LogP contribution in [0, 0.1) is 23.6 Å². The molecular weight excluding hydrogens is 379 g/mol. The third kappa shape index (κ3) is 4.12. The van der Waals surface area contributed by atoms with Crippen LogP contribution in [0.5, 0.6) is 11.5 Å². The summed E-state index contributed by atoms with van der Waals surface area (Å²) in [6, 6.07) is 13.1. The summed E-state index contributed by atoms with van der Waals surface area (Å²) in [6.45, 7) is 4.64. The lowest BCUT2D eigenvalue weighted by atomic mass is 9.93. The molecule has 1 saturated heterocycles. The first kappa shape index (κ1) is 19.3. The van der Waals surface area contributed by atoms with Gasteiger partial charge in [0.15, 0.2) is 0 Å².